The minimum Gasteiger partial charge on any atom is -0.481 e. The Morgan fingerprint density at radius 1 is 1.31 bits per heavy atom. The van der Waals surface area contributed by atoms with Gasteiger partial charge in [0.15, 0.2) is 0 Å². The zero-order chi connectivity index (χ0) is 19.8. The third-order valence-corrected chi connectivity index (χ3v) is 4.89. The highest BCUT2D eigenvalue weighted by molar-refractivity contribution is 5.84. The van der Waals surface area contributed by atoms with E-state index in [0.29, 0.717) is 29.9 Å². The first-order chi connectivity index (χ1) is 11.9. The van der Waals surface area contributed by atoms with E-state index in [9.17, 15) is 27.9 Å². The molecule has 1 N–H and O–H groups in total. The van der Waals surface area contributed by atoms with E-state index in [4.69, 9.17) is 0 Å². The zero-order valence-electron chi connectivity index (χ0n) is 15.3. The van der Waals surface area contributed by atoms with Crippen molar-refractivity contribution in [1.82, 2.24) is 14.7 Å². The number of likely N-dealkylation sites (tertiary alicyclic amines) is 1. The van der Waals surface area contributed by atoms with Gasteiger partial charge in [0.1, 0.15) is 6.54 Å². The quantitative estimate of drug-likeness (QED) is 0.878. The molecule has 1 aromatic heterocycles. The van der Waals surface area contributed by atoms with Crippen LogP contribution in [0.3, 0.4) is 0 Å². The molecule has 0 aliphatic carbocycles. The molecular weight excluding hydrogens is 351 g/mol. The van der Waals surface area contributed by atoms with Crippen molar-refractivity contribution < 1.29 is 27.9 Å². The fourth-order valence-corrected chi connectivity index (χ4v) is 3.77. The highest BCUT2D eigenvalue weighted by atomic mass is 19.4. The van der Waals surface area contributed by atoms with Crippen LogP contribution < -0.4 is 0 Å². The molecule has 1 amide bonds. The van der Waals surface area contributed by atoms with E-state index in [2.05, 4.69) is 5.10 Å². The van der Waals surface area contributed by atoms with Crippen molar-refractivity contribution in [3.63, 3.8) is 0 Å². The van der Waals surface area contributed by atoms with Gasteiger partial charge in [-0.2, -0.15) is 18.3 Å². The van der Waals surface area contributed by atoms with Crippen molar-refractivity contribution in [2.45, 2.75) is 52.8 Å². The Labute approximate surface area is 150 Å². The summed E-state index contributed by atoms with van der Waals surface area (Å²) in [5, 5.41) is 13.2. The SMILES string of the molecule is Cc1nn(CC(F)(F)F)c(C)c1C(C)C(=O)N1CC(C)CC(C(=O)O)C1. The molecule has 1 aliphatic rings. The van der Waals surface area contributed by atoms with Gasteiger partial charge in [-0.25, -0.2) is 0 Å². The maximum Gasteiger partial charge on any atom is 0.408 e. The first-order valence-electron chi connectivity index (χ1n) is 8.53. The van der Waals surface area contributed by atoms with Crippen LogP contribution in [0.15, 0.2) is 0 Å². The van der Waals surface area contributed by atoms with Crippen LogP contribution in [0.1, 0.15) is 43.1 Å². The van der Waals surface area contributed by atoms with Gasteiger partial charge < -0.3 is 10.0 Å². The summed E-state index contributed by atoms with van der Waals surface area (Å²) in [5.74, 6) is -2.47. The number of alkyl halides is 3. The number of amides is 1. The topological polar surface area (TPSA) is 75.4 Å². The number of aliphatic carboxylic acids is 1. The van der Waals surface area contributed by atoms with Gasteiger partial charge in [0, 0.05) is 24.3 Å². The summed E-state index contributed by atoms with van der Waals surface area (Å²) in [6, 6.07) is 0. The van der Waals surface area contributed by atoms with Crippen molar-refractivity contribution in [3.8, 4) is 0 Å². The molecule has 0 saturated carbocycles. The molecule has 3 unspecified atom stereocenters. The van der Waals surface area contributed by atoms with E-state index >= 15 is 0 Å². The van der Waals surface area contributed by atoms with Crippen molar-refractivity contribution in [2.24, 2.45) is 11.8 Å². The summed E-state index contributed by atoms with van der Waals surface area (Å²) < 4.78 is 38.9. The molecule has 2 rings (SSSR count). The predicted octanol–water partition coefficient (Wildman–Crippen LogP) is 2.73. The van der Waals surface area contributed by atoms with Crippen LogP contribution in [0.25, 0.3) is 0 Å². The fourth-order valence-electron chi connectivity index (χ4n) is 3.77. The molecule has 0 bridgehead atoms. The van der Waals surface area contributed by atoms with Gasteiger partial charge in [-0.05, 0) is 33.1 Å². The van der Waals surface area contributed by atoms with Gasteiger partial charge >= 0.3 is 12.1 Å². The highest BCUT2D eigenvalue weighted by Gasteiger charge is 2.36. The number of carboxylic acid groups (broad SMARTS) is 1. The number of rotatable bonds is 4. The Kier molecular flexibility index (Phi) is 5.67. The third kappa shape index (κ3) is 4.37. The minimum atomic E-state index is -4.40. The Bertz CT molecular complexity index is 699. The Hall–Kier alpha value is -2.06. The average Bonchev–Trinajstić information content (AvgIpc) is 2.77. The van der Waals surface area contributed by atoms with Crippen molar-refractivity contribution in [3.05, 3.63) is 17.0 Å². The molecule has 1 fully saturated rings. The van der Waals surface area contributed by atoms with Gasteiger partial charge in [-0.15, -0.1) is 0 Å². The van der Waals surface area contributed by atoms with Crippen LogP contribution in [-0.2, 0) is 16.1 Å². The number of carbonyl (C=O) groups excluding carboxylic acids is 1. The van der Waals surface area contributed by atoms with Gasteiger partial charge in [-0.3, -0.25) is 14.3 Å². The van der Waals surface area contributed by atoms with E-state index < -0.39 is 30.5 Å². The van der Waals surface area contributed by atoms with Crippen LogP contribution in [-0.4, -0.2) is 50.9 Å². The lowest BCUT2D eigenvalue weighted by molar-refractivity contribution is -0.147. The van der Waals surface area contributed by atoms with E-state index in [0.717, 1.165) is 4.68 Å². The summed E-state index contributed by atoms with van der Waals surface area (Å²) in [5.41, 5.74) is 1.16. The van der Waals surface area contributed by atoms with Gasteiger partial charge in [-0.1, -0.05) is 6.92 Å². The molecule has 0 radical (unpaired) electrons. The average molecular weight is 375 g/mol. The van der Waals surface area contributed by atoms with Gasteiger partial charge in [0.25, 0.3) is 0 Å². The Morgan fingerprint density at radius 2 is 1.92 bits per heavy atom. The maximum absolute atomic E-state index is 12.9. The standard InChI is InChI=1S/C17H24F3N3O3/c1-9-5-13(16(25)26)7-22(6-9)15(24)10(2)14-11(3)21-23(12(14)4)8-17(18,19)20/h9-10,13H,5-8H2,1-4H3,(H,25,26). The number of piperidine rings is 1. The number of aryl methyl sites for hydroxylation is 1. The second-order valence-electron chi connectivity index (χ2n) is 7.20. The number of aromatic nitrogens is 2. The smallest absolute Gasteiger partial charge is 0.408 e. The molecular formula is C17H24F3N3O3. The highest BCUT2D eigenvalue weighted by Crippen LogP contribution is 2.30. The number of nitrogens with zero attached hydrogens (tertiary/aromatic N) is 3. The molecule has 3 atom stereocenters. The number of carbonyl (C=O) groups is 2. The Morgan fingerprint density at radius 3 is 2.46 bits per heavy atom. The molecule has 0 aromatic carbocycles. The molecule has 9 heteroatoms. The summed E-state index contributed by atoms with van der Waals surface area (Å²) in [6.45, 7) is 5.98. The summed E-state index contributed by atoms with van der Waals surface area (Å²) in [4.78, 5) is 25.7. The lowest BCUT2D eigenvalue weighted by atomic mass is 9.88. The zero-order valence-corrected chi connectivity index (χ0v) is 15.3. The van der Waals surface area contributed by atoms with Gasteiger partial charge in [0.2, 0.25) is 5.91 Å². The summed E-state index contributed by atoms with van der Waals surface area (Å²) in [6.07, 6.45) is -3.89. The second kappa shape index (κ2) is 7.28. The molecule has 1 aromatic rings. The fraction of sp³-hybridized carbons (Fsp3) is 0.706. The number of carboxylic acids is 1. The molecule has 26 heavy (non-hydrogen) atoms. The van der Waals surface area contributed by atoms with Crippen LogP contribution >= 0.6 is 0 Å². The first-order valence-corrected chi connectivity index (χ1v) is 8.53. The Balaban J connectivity index is 2.24. The molecule has 6 nitrogen and oxygen atoms in total. The van der Waals surface area contributed by atoms with E-state index in [1.165, 1.54) is 11.8 Å². The molecule has 2 heterocycles. The van der Waals surface area contributed by atoms with E-state index in [1.54, 1.807) is 13.8 Å². The minimum absolute atomic E-state index is 0.0520. The van der Waals surface area contributed by atoms with E-state index in [1.807, 2.05) is 6.92 Å². The second-order valence-corrected chi connectivity index (χ2v) is 7.20. The summed E-state index contributed by atoms with van der Waals surface area (Å²) >= 11 is 0. The predicted molar refractivity (Wildman–Crippen MR) is 87.7 cm³/mol. The van der Waals surface area contributed by atoms with Crippen LogP contribution in [0.4, 0.5) is 13.2 Å². The third-order valence-electron chi connectivity index (χ3n) is 4.89. The van der Waals surface area contributed by atoms with Crippen LogP contribution in [0.2, 0.25) is 0 Å². The summed E-state index contributed by atoms with van der Waals surface area (Å²) in [7, 11) is 0. The first kappa shape index (κ1) is 20.3. The van der Waals surface area contributed by atoms with Crippen molar-refractivity contribution in [2.75, 3.05) is 13.1 Å². The molecule has 1 aliphatic heterocycles. The van der Waals surface area contributed by atoms with Crippen LogP contribution in [0.5, 0.6) is 0 Å². The lowest BCUT2D eigenvalue weighted by Crippen LogP contribution is -2.47. The monoisotopic (exact) mass is 375 g/mol. The number of hydrogen-bond donors (Lipinski definition) is 1. The van der Waals surface area contributed by atoms with Crippen LogP contribution in [0, 0.1) is 25.7 Å². The normalized spacial score (nSPS) is 22.3. The lowest BCUT2D eigenvalue weighted by Gasteiger charge is -2.36. The van der Waals surface area contributed by atoms with Crippen molar-refractivity contribution in [1.29, 1.82) is 0 Å². The largest absolute Gasteiger partial charge is 0.481 e. The number of hydrogen-bond acceptors (Lipinski definition) is 3. The molecule has 1 saturated heterocycles. The number of halogens is 3. The van der Waals surface area contributed by atoms with Crippen molar-refractivity contribution >= 4 is 11.9 Å². The molecule has 146 valence electrons. The molecule has 0 spiro atoms. The van der Waals surface area contributed by atoms with E-state index in [-0.39, 0.29) is 18.4 Å². The maximum atomic E-state index is 12.9. The van der Waals surface area contributed by atoms with Gasteiger partial charge in [0.05, 0.1) is 17.5 Å².